The molecule has 0 radical (unpaired) electrons. The highest BCUT2D eigenvalue weighted by Crippen LogP contribution is 2.33. The highest BCUT2D eigenvalue weighted by Gasteiger charge is 2.31. The second-order valence-corrected chi connectivity index (χ2v) is 6.52. The Morgan fingerprint density at radius 1 is 1.38 bits per heavy atom. The van der Waals surface area contributed by atoms with E-state index >= 15 is 0 Å². The van der Waals surface area contributed by atoms with Crippen molar-refractivity contribution in [3.63, 3.8) is 0 Å². The molecule has 0 N–H and O–H groups in total. The fourth-order valence-electron chi connectivity index (χ4n) is 2.77. The standard InChI is InChI=1S/C15H20N4OS/c1-10-9-21-14(16-10)13-6-4-5-7-19(13)15(20)12-8-11(2)18(3)17-12/h8-9,13H,4-7H2,1-3H3/t13-/m1/s1. The van der Waals surface area contributed by atoms with Crippen LogP contribution in [0, 0.1) is 13.8 Å². The van der Waals surface area contributed by atoms with E-state index in [1.54, 1.807) is 16.0 Å². The van der Waals surface area contributed by atoms with Gasteiger partial charge in [-0.2, -0.15) is 5.10 Å². The van der Waals surface area contributed by atoms with Crippen LogP contribution >= 0.6 is 11.3 Å². The summed E-state index contributed by atoms with van der Waals surface area (Å²) in [6.07, 6.45) is 3.19. The zero-order chi connectivity index (χ0) is 15.0. The average Bonchev–Trinajstić information content (AvgIpc) is 3.05. The molecule has 112 valence electrons. The molecule has 0 aliphatic carbocycles. The summed E-state index contributed by atoms with van der Waals surface area (Å²) in [6.45, 7) is 4.75. The van der Waals surface area contributed by atoms with Crippen LogP contribution in [0.15, 0.2) is 11.4 Å². The quantitative estimate of drug-likeness (QED) is 0.857. The molecule has 3 rings (SSSR count). The lowest BCUT2D eigenvalue weighted by Gasteiger charge is -2.34. The topological polar surface area (TPSA) is 51.0 Å². The fourth-order valence-corrected chi connectivity index (χ4v) is 3.71. The molecule has 0 saturated carbocycles. The van der Waals surface area contributed by atoms with Crippen LogP contribution in [0.2, 0.25) is 0 Å². The molecule has 2 aromatic rings. The van der Waals surface area contributed by atoms with E-state index in [1.165, 1.54) is 0 Å². The van der Waals surface area contributed by atoms with E-state index in [9.17, 15) is 4.79 Å². The molecule has 0 unspecified atom stereocenters. The maximum Gasteiger partial charge on any atom is 0.274 e. The lowest BCUT2D eigenvalue weighted by Crippen LogP contribution is -2.38. The maximum absolute atomic E-state index is 12.8. The Morgan fingerprint density at radius 2 is 2.19 bits per heavy atom. The molecule has 2 aromatic heterocycles. The smallest absolute Gasteiger partial charge is 0.274 e. The molecule has 0 aromatic carbocycles. The lowest BCUT2D eigenvalue weighted by molar-refractivity contribution is 0.0604. The first kappa shape index (κ1) is 14.3. The molecular weight excluding hydrogens is 284 g/mol. The van der Waals surface area contributed by atoms with Gasteiger partial charge in [0.05, 0.1) is 6.04 Å². The number of aromatic nitrogens is 3. The summed E-state index contributed by atoms with van der Waals surface area (Å²) in [5, 5.41) is 7.43. The van der Waals surface area contributed by atoms with E-state index < -0.39 is 0 Å². The molecule has 1 saturated heterocycles. The third-order valence-corrected chi connectivity index (χ3v) is 5.08. The number of rotatable bonds is 2. The van der Waals surface area contributed by atoms with Gasteiger partial charge < -0.3 is 4.90 Å². The predicted molar refractivity (Wildman–Crippen MR) is 82.4 cm³/mol. The number of hydrogen-bond acceptors (Lipinski definition) is 4. The summed E-state index contributed by atoms with van der Waals surface area (Å²) in [6, 6.07) is 1.97. The zero-order valence-electron chi connectivity index (χ0n) is 12.7. The lowest BCUT2D eigenvalue weighted by atomic mass is 10.0. The van der Waals surface area contributed by atoms with Crippen molar-refractivity contribution in [2.45, 2.75) is 39.2 Å². The summed E-state index contributed by atoms with van der Waals surface area (Å²) >= 11 is 1.65. The van der Waals surface area contributed by atoms with Crippen molar-refractivity contribution in [2.24, 2.45) is 7.05 Å². The number of hydrogen-bond donors (Lipinski definition) is 0. The van der Waals surface area contributed by atoms with Crippen LogP contribution in [0.4, 0.5) is 0 Å². The van der Waals surface area contributed by atoms with Gasteiger partial charge in [0.25, 0.3) is 5.91 Å². The van der Waals surface area contributed by atoms with Crippen molar-refractivity contribution >= 4 is 17.2 Å². The molecule has 6 heteroatoms. The van der Waals surface area contributed by atoms with Crippen LogP contribution < -0.4 is 0 Å². The minimum Gasteiger partial charge on any atom is -0.328 e. The molecular formula is C15H20N4OS. The Labute approximate surface area is 128 Å². The summed E-state index contributed by atoms with van der Waals surface area (Å²) in [7, 11) is 1.87. The second-order valence-electron chi connectivity index (χ2n) is 5.63. The number of carbonyl (C=O) groups excluding carboxylic acids is 1. The van der Waals surface area contributed by atoms with Gasteiger partial charge in [0.15, 0.2) is 5.69 Å². The third kappa shape index (κ3) is 2.72. The monoisotopic (exact) mass is 304 g/mol. The maximum atomic E-state index is 12.8. The number of nitrogens with zero attached hydrogens (tertiary/aromatic N) is 4. The number of piperidine rings is 1. The van der Waals surface area contributed by atoms with E-state index in [4.69, 9.17) is 0 Å². The summed E-state index contributed by atoms with van der Waals surface area (Å²) in [5.74, 6) is 0.0243. The first-order valence-electron chi connectivity index (χ1n) is 7.30. The van der Waals surface area contributed by atoms with Gasteiger partial charge in [-0.1, -0.05) is 0 Å². The van der Waals surface area contributed by atoms with Gasteiger partial charge in [-0.05, 0) is 39.2 Å². The fraction of sp³-hybridized carbons (Fsp3) is 0.533. The molecule has 1 atom stereocenters. The summed E-state index contributed by atoms with van der Waals surface area (Å²) in [5.41, 5.74) is 2.56. The van der Waals surface area contributed by atoms with Crippen LogP contribution in [0.3, 0.4) is 0 Å². The van der Waals surface area contributed by atoms with Gasteiger partial charge in [-0.3, -0.25) is 9.48 Å². The van der Waals surface area contributed by atoms with E-state index in [0.717, 1.165) is 42.2 Å². The third-order valence-electron chi connectivity index (χ3n) is 4.02. The highest BCUT2D eigenvalue weighted by molar-refractivity contribution is 7.09. The first-order valence-corrected chi connectivity index (χ1v) is 8.18. The van der Waals surface area contributed by atoms with E-state index in [-0.39, 0.29) is 11.9 Å². The van der Waals surface area contributed by atoms with Crippen LogP contribution in [0.1, 0.15) is 52.2 Å². The molecule has 5 nitrogen and oxygen atoms in total. The Balaban J connectivity index is 1.88. The van der Waals surface area contributed by atoms with Crippen molar-refractivity contribution in [3.8, 4) is 0 Å². The molecule has 1 aliphatic rings. The van der Waals surface area contributed by atoms with Crippen molar-refractivity contribution < 1.29 is 4.79 Å². The van der Waals surface area contributed by atoms with Gasteiger partial charge in [0.1, 0.15) is 5.01 Å². The molecule has 3 heterocycles. The van der Waals surface area contributed by atoms with Crippen LogP contribution in [-0.4, -0.2) is 32.1 Å². The van der Waals surface area contributed by atoms with Gasteiger partial charge >= 0.3 is 0 Å². The van der Waals surface area contributed by atoms with Gasteiger partial charge in [-0.15, -0.1) is 11.3 Å². The molecule has 1 fully saturated rings. The van der Waals surface area contributed by atoms with Crippen LogP contribution in [0.5, 0.6) is 0 Å². The first-order chi connectivity index (χ1) is 10.1. The Kier molecular flexibility index (Phi) is 3.80. The van der Waals surface area contributed by atoms with Crippen LogP contribution in [-0.2, 0) is 7.05 Å². The molecule has 0 spiro atoms. The zero-order valence-corrected chi connectivity index (χ0v) is 13.5. The van der Waals surface area contributed by atoms with Crippen molar-refractivity contribution in [3.05, 3.63) is 33.5 Å². The number of likely N-dealkylation sites (tertiary alicyclic amines) is 1. The van der Waals surface area contributed by atoms with E-state index in [0.29, 0.717) is 5.69 Å². The molecule has 1 amide bonds. The Hall–Kier alpha value is -1.69. The van der Waals surface area contributed by atoms with Crippen LogP contribution in [0.25, 0.3) is 0 Å². The second kappa shape index (κ2) is 5.60. The van der Waals surface area contributed by atoms with E-state index in [2.05, 4.69) is 15.5 Å². The minimum atomic E-state index is 0.0243. The largest absolute Gasteiger partial charge is 0.328 e. The van der Waals surface area contributed by atoms with Gasteiger partial charge in [0, 0.05) is 30.4 Å². The highest BCUT2D eigenvalue weighted by atomic mass is 32.1. The number of carbonyl (C=O) groups is 1. The Bertz CT molecular complexity index is 641. The summed E-state index contributed by atoms with van der Waals surface area (Å²) < 4.78 is 1.75. The molecule has 21 heavy (non-hydrogen) atoms. The van der Waals surface area contributed by atoms with E-state index in [1.807, 2.05) is 31.9 Å². The van der Waals surface area contributed by atoms with Gasteiger partial charge in [-0.25, -0.2) is 4.98 Å². The average molecular weight is 304 g/mol. The molecule has 0 bridgehead atoms. The number of amides is 1. The van der Waals surface area contributed by atoms with Crippen molar-refractivity contribution in [2.75, 3.05) is 6.54 Å². The minimum absolute atomic E-state index is 0.0243. The summed E-state index contributed by atoms with van der Waals surface area (Å²) in [4.78, 5) is 19.3. The van der Waals surface area contributed by atoms with Crippen molar-refractivity contribution in [1.29, 1.82) is 0 Å². The molecule has 1 aliphatic heterocycles. The number of thiazole rings is 1. The SMILES string of the molecule is Cc1csc([C@H]2CCCCN2C(=O)c2cc(C)n(C)n2)n1. The normalized spacial score (nSPS) is 19.0. The van der Waals surface area contributed by atoms with Crippen molar-refractivity contribution in [1.82, 2.24) is 19.7 Å². The van der Waals surface area contributed by atoms with Gasteiger partial charge in [0.2, 0.25) is 0 Å². The number of aryl methyl sites for hydroxylation is 3. The Morgan fingerprint density at radius 3 is 2.81 bits per heavy atom. The predicted octanol–water partition coefficient (Wildman–Crippen LogP) is 2.86.